The minimum absolute atomic E-state index is 0. The second kappa shape index (κ2) is 8.33. The maximum atomic E-state index is 12.8. The largest absolute Gasteiger partial charge is 0.333 e. The molecule has 32 heavy (non-hydrogen) atoms. The third kappa shape index (κ3) is 4.09. The van der Waals surface area contributed by atoms with Gasteiger partial charge in [0.05, 0.1) is 29.6 Å². The maximum absolute atomic E-state index is 12.8. The monoisotopic (exact) mass is 451 g/mol. The first-order chi connectivity index (χ1) is 15.5. The lowest BCUT2D eigenvalue weighted by Gasteiger charge is -2.19. The maximum Gasteiger partial charge on any atom is 0.320 e. The summed E-state index contributed by atoms with van der Waals surface area (Å²) in [7, 11) is 2.09. The van der Waals surface area contributed by atoms with Gasteiger partial charge in [-0.25, -0.2) is 14.5 Å². The summed E-state index contributed by atoms with van der Waals surface area (Å²) in [4.78, 5) is 26.3. The van der Waals surface area contributed by atoms with E-state index in [2.05, 4.69) is 56.7 Å². The van der Waals surface area contributed by atoms with Gasteiger partial charge in [0.1, 0.15) is 5.82 Å². The molecule has 168 valence electrons. The second-order valence-corrected chi connectivity index (χ2v) is 9.64. The molecular weight excluding hydrogens is 422 g/mol. The molecule has 0 bridgehead atoms. The number of aryl methyl sites for hydroxylation is 2. The number of urea groups is 1. The fourth-order valence-electron chi connectivity index (χ4n) is 4.27. The van der Waals surface area contributed by atoms with Crippen LogP contribution in [0.5, 0.6) is 0 Å². The number of amides is 2. The topological polar surface area (TPSA) is 88.0 Å². The van der Waals surface area contributed by atoms with Crippen molar-refractivity contribution >= 4 is 34.1 Å². The Morgan fingerprint density at radius 2 is 2.03 bits per heavy atom. The Labute approximate surface area is 193 Å². The zero-order valence-electron chi connectivity index (χ0n) is 18.2. The van der Waals surface area contributed by atoms with Crippen LogP contribution in [0.4, 0.5) is 10.6 Å². The number of carbonyl (C=O) groups is 1. The highest BCUT2D eigenvalue weighted by atomic mass is 32.1. The van der Waals surface area contributed by atoms with Crippen molar-refractivity contribution in [1.29, 1.82) is 0 Å². The van der Waals surface area contributed by atoms with Crippen molar-refractivity contribution in [2.24, 2.45) is 0 Å². The van der Waals surface area contributed by atoms with Crippen molar-refractivity contribution in [2.45, 2.75) is 25.8 Å². The summed E-state index contributed by atoms with van der Waals surface area (Å²) < 4.78 is 1.82. The first kappa shape index (κ1) is 20.6. The molecule has 2 atom stereocenters. The molecule has 0 aliphatic carbocycles. The molecule has 1 aliphatic rings. The molecule has 1 fully saturated rings. The summed E-state index contributed by atoms with van der Waals surface area (Å²) >= 11 is 1.80. The van der Waals surface area contributed by atoms with E-state index >= 15 is 0 Å². The first-order valence-electron chi connectivity index (χ1n) is 10.6. The van der Waals surface area contributed by atoms with Crippen LogP contribution >= 0.6 is 11.3 Å². The Morgan fingerprint density at radius 3 is 2.81 bits per heavy atom. The van der Waals surface area contributed by atoms with Crippen LogP contribution < -0.4 is 10.6 Å². The molecule has 2 N–H and O–H groups in total. The molecule has 2 amide bonds. The zero-order valence-corrected chi connectivity index (χ0v) is 19.1. The van der Waals surface area contributed by atoms with Crippen molar-refractivity contribution in [3.63, 3.8) is 0 Å². The van der Waals surface area contributed by atoms with Gasteiger partial charge in [-0.2, -0.15) is 5.10 Å². The van der Waals surface area contributed by atoms with Crippen molar-refractivity contribution in [3.05, 3.63) is 64.4 Å². The van der Waals surface area contributed by atoms with Crippen LogP contribution in [0.15, 0.2) is 48.9 Å². The number of rotatable bonds is 4. The molecule has 0 saturated carbocycles. The molecule has 9 heteroatoms. The van der Waals surface area contributed by atoms with Crippen molar-refractivity contribution < 1.29 is 7.65 Å². The van der Waals surface area contributed by atoms with Crippen LogP contribution in [0.2, 0.25) is 0 Å². The molecule has 8 nitrogen and oxygen atoms in total. The fraction of sp³-hybridized carbons (Fsp3) is 0.304. The van der Waals surface area contributed by atoms with Gasteiger partial charge in [0, 0.05) is 48.9 Å². The van der Waals surface area contributed by atoms with Crippen molar-refractivity contribution in [2.75, 3.05) is 25.5 Å². The van der Waals surface area contributed by atoms with Crippen LogP contribution in [0.25, 0.3) is 16.6 Å². The Morgan fingerprint density at radius 1 is 1.16 bits per heavy atom. The van der Waals surface area contributed by atoms with E-state index in [4.69, 9.17) is 0 Å². The molecule has 5 heterocycles. The van der Waals surface area contributed by atoms with E-state index in [-0.39, 0.29) is 14.9 Å². The zero-order chi connectivity index (χ0) is 22.2. The highest BCUT2D eigenvalue weighted by Crippen LogP contribution is 2.32. The number of anilines is 1. The molecule has 1 aliphatic heterocycles. The summed E-state index contributed by atoms with van der Waals surface area (Å²) in [5, 5.41) is 11.4. The van der Waals surface area contributed by atoms with E-state index in [1.807, 2.05) is 29.8 Å². The van der Waals surface area contributed by atoms with Gasteiger partial charge in [0.2, 0.25) is 0 Å². The van der Waals surface area contributed by atoms with E-state index in [0.29, 0.717) is 11.7 Å². The Bertz CT molecular complexity index is 1290. The molecule has 4 aromatic heterocycles. The summed E-state index contributed by atoms with van der Waals surface area (Å²) in [5.41, 5.74) is 2.71. The van der Waals surface area contributed by atoms with Crippen LogP contribution in [0.3, 0.4) is 0 Å². The van der Waals surface area contributed by atoms with Gasteiger partial charge >= 0.3 is 6.03 Å². The summed E-state index contributed by atoms with van der Waals surface area (Å²) in [6.07, 6.45) is 5.27. The van der Waals surface area contributed by atoms with E-state index < -0.39 is 0 Å². The number of carbonyl (C=O) groups excluding carboxylic acids is 1. The van der Waals surface area contributed by atoms with Gasteiger partial charge in [0.25, 0.3) is 0 Å². The number of hydrogen-bond donors (Lipinski definition) is 2. The van der Waals surface area contributed by atoms with E-state index in [1.165, 1.54) is 9.75 Å². The van der Waals surface area contributed by atoms with Gasteiger partial charge in [-0.15, -0.1) is 11.3 Å². The predicted octanol–water partition coefficient (Wildman–Crippen LogP) is 4.21. The molecule has 5 rings (SSSR count). The average Bonchev–Trinajstić information content (AvgIpc) is 3.46. The van der Waals surface area contributed by atoms with Crippen LogP contribution in [0.1, 0.15) is 24.2 Å². The van der Waals surface area contributed by atoms with Crippen molar-refractivity contribution in [3.8, 4) is 5.69 Å². The number of nitrogens with one attached hydrogen (secondary N) is 2. The lowest BCUT2D eigenvalue weighted by molar-refractivity contribution is 0.247. The smallest absolute Gasteiger partial charge is 0.320 e. The third-order valence-corrected chi connectivity index (χ3v) is 6.90. The molecule has 0 radical (unpaired) electrons. The number of hydrogen-bond acceptors (Lipinski definition) is 6. The summed E-state index contributed by atoms with van der Waals surface area (Å²) in [5.74, 6) is 0.789. The number of likely N-dealkylation sites (N-methyl/N-ethyl adjacent to an activating group) is 1. The fourth-order valence-corrected chi connectivity index (χ4v) is 5.31. The Hall–Kier alpha value is -3.30. The number of fused-ring (bicyclic) bond motifs is 1. The molecule has 0 aromatic carbocycles. The molecule has 0 spiro atoms. The van der Waals surface area contributed by atoms with E-state index in [9.17, 15) is 4.79 Å². The third-order valence-electron chi connectivity index (χ3n) is 5.77. The average molecular weight is 452 g/mol. The lowest BCUT2D eigenvalue weighted by atomic mass is 10.0. The number of nitrogens with zero attached hydrogens (tertiary/aromatic N) is 5. The first-order valence-corrected chi connectivity index (χ1v) is 11.4. The highest BCUT2D eigenvalue weighted by Gasteiger charge is 2.34. The SMILES string of the molecule is Cc1cc(-n2ncc3cc(NC(=O)N[C@H]4CN(C)CC4c4ccc(C)s4)ncc32)ccn1.[HH].[HH]. The molecule has 1 unspecified atom stereocenters. The number of pyridine rings is 2. The van der Waals surface area contributed by atoms with Gasteiger partial charge in [0.15, 0.2) is 0 Å². The predicted molar refractivity (Wildman–Crippen MR) is 131 cm³/mol. The van der Waals surface area contributed by atoms with Gasteiger partial charge in [-0.05, 0) is 51.2 Å². The quantitative estimate of drug-likeness (QED) is 0.485. The minimum atomic E-state index is -0.243. The molecular formula is C23H29N7OS. The van der Waals surface area contributed by atoms with Gasteiger partial charge in [-0.3, -0.25) is 10.3 Å². The van der Waals surface area contributed by atoms with Crippen molar-refractivity contribution in [1.82, 2.24) is 30.0 Å². The number of likely N-dealkylation sites (tertiary alicyclic amines) is 1. The number of aromatic nitrogens is 4. The van der Waals surface area contributed by atoms with E-state index in [0.717, 1.165) is 35.4 Å². The second-order valence-electron chi connectivity index (χ2n) is 8.32. The Kier molecular flexibility index (Phi) is 5.36. The standard InChI is InChI=1S/C23H25N7OS.2H2/c1-14-8-17(6-7-24-14)30-20-11-25-22(9-16(20)10-26-30)28-23(31)27-19-13-29(3)12-18(19)21-5-4-15(2)32-21;;/h4-11,18-19H,12-13H2,1-3H3,(H2,25,27,28,31);2*1H/t18?,19-;;/m0../s1. The summed E-state index contributed by atoms with van der Waals surface area (Å²) in [6, 6.07) is 9.84. The van der Waals surface area contributed by atoms with E-state index in [1.54, 1.807) is 29.9 Å². The van der Waals surface area contributed by atoms with Crippen LogP contribution in [-0.4, -0.2) is 56.9 Å². The highest BCUT2D eigenvalue weighted by molar-refractivity contribution is 7.12. The van der Waals surface area contributed by atoms with Gasteiger partial charge in [-0.1, -0.05) is 0 Å². The minimum Gasteiger partial charge on any atom is -0.333 e. The summed E-state index contributed by atoms with van der Waals surface area (Å²) in [6.45, 7) is 5.81. The molecule has 1 saturated heterocycles. The van der Waals surface area contributed by atoms with Crippen LogP contribution in [-0.2, 0) is 0 Å². The lowest BCUT2D eigenvalue weighted by Crippen LogP contribution is -2.42. The normalized spacial score (nSPS) is 18.8. The van der Waals surface area contributed by atoms with Gasteiger partial charge < -0.3 is 10.2 Å². The Balaban J connectivity index is 0.00000162. The molecule has 4 aromatic rings. The number of thiophene rings is 1. The van der Waals surface area contributed by atoms with Crippen LogP contribution in [0, 0.1) is 13.8 Å².